The second-order valence-electron chi connectivity index (χ2n) is 9.13. The van der Waals surface area contributed by atoms with Crippen molar-refractivity contribution in [2.45, 2.75) is 0 Å². The molecular formula is C36H30N3+. The standard InChI is InChI=1S/C36H29N3/c37-35(32-24-20-30(21-25-32)18-16-28-10-4-1-5-11-28)39-36(38-34-14-8-3-9-15-34)33-26-22-31(23-27-33)19-17-29-12-6-2-7-13-29/h1-27H,(H2,37,38,39)/p+1/b18-16+,19-17+. The summed E-state index contributed by atoms with van der Waals surface area (Å²) in [7, 11) is 0. The Morgan fingerprint density at radius 3 is 1.31 bits per heavy atom. The normalized spacial score (nSPS) is 11.7. The molecule has 188 valence electrons. The number of benzene rings is 5. The summed E-state index contributed by atoms with van der Waals surface area (Å²) in [5, 5.41) is 10.8. The lowest BCUT2D eigenvalue weighted by Crippen LogP contribution is -2.82. The van der Waals surface area contributed by atoms with Crippen LogP contribution < -0.4 is 5.32 Å². The van der Waals surface area contributed by atoms with Gasteiger partial charge in [-0.3, -0.25) is 10.7 Å². The molecule has 5 aromatic rings. The quantitative estimate of drug-likeness (QED) is 0.0988. The van der Waals surface area contributed by atoms with Crippen molar-refractivity contribution in [3.8, 4) is 0 Å². The van der Waals surface area contributed by atoms with Gasteiger partial charge in [-0.1, -0.05) is 140 Å². The Hall–Kier alpha value is -5.12. The van der Waals surface area contributed by atoms with Crippen LogP contribution in [0.5, 0.6) is 0 Å². The van der Waals surface area contributed by atoms with Crippen molar-refractivity contribution < 1.29 is 5.32 Å². The Balaban J connectivity index is 1.36. The van der Waals surface area contributed by atoms with Gasteiger partial charge in [0.05, 0.1) is 5.56 Å². The number of amidine groups is 2. The second-order valence-corrected chi connectivity index (χ2v) is 9.13. The first-order chi connectivity index (χ1) is 19.2. The number of nitrogens with two attached hydrogens (primary N) is 1. The first-order valence-electron chi connectivity index (χ1n) is 13.0. The van der Waals surface area contributed by atoms with Gasteiger partial charge in [0, 0.05) is 5.56 Å². The Morgan fingerprint density at radius 2 is 0.846 bits per heavy atom. The number of para-hydroxylation sites is 1. The molecule has 3 nitrogen and oxygen atoms in total. The third-order valence-electron chi connectivity index (χ3n) is 6.26. The minimum Gasteiger partial charge on any atom is -0.282 e. The van der Waals surface area contributed by atoms with Crippen molar-refractivity contribution in [2.75, 3.05) is 0 Å². The van der Waals surface area contributed by atoms with Gasteiger partial charge < -0.3 is 0 Å². The lowest BCUT2D eigenvalue weighted by molar-refractivity contribution is -0.442. The molecule has 0 unspecified atom stereocenters. The zero-order chi connectivity index (χ0) is 26.7. The van der Waals surface area contributed by atoms with Crippen LogP contribution in [0.25, 0.3) is 24.3 Å². The number of hydrogen-bond donors (Lipinski definition) is 2. The highest BCUT2D eigenvalue weighted by Crippen LogP contribution is 2.13. The molecule has 0 fully saturated rings. The van der Waals surface area contributed by atoms with E-state index in [1.54, 1.807) is 0 Å². The summed E-state index contributed by atoms with van der Waals surface area (Å²) in [4.78, 5) is 4.77. The van der Waals surface area contributed by atoms with Gasteiger partial charge >= 0.3 is 0 Å². The van der Waals surface area contributed by atoms with Gasteiger partial charge in [-0.05, 0) is 46.5 Å². The molecule has 0 heterocycles. The van der Waals surface area contributed by atoms with E-state index in [0.29, 0.717) is 0 Å². The highest BCUT2D eigenvalue weighted by atomic mass is 15.0. The van der Waals surface area contributed by atoms with Crippen LogP contribution in [-0.4, -0.2) is 11.7 Å². The molecule has 3 heteroatoms. The van der Waals surface area contributed by atoms with Gasteiger partial charge in [0.1, 0.15) is 5.69 Å². The van der Waals surface area contributed by atoms with Gasteiger partial charge in [-0.2, -0.15) is 4.99 Å². The van der Waals surface area contributed by atoms with Gasteiger partial charge in [0.15, 0.2) is 5.84 Å². The first kappa shape index (κ1) is 25.5. The summed E-state index contributed by atoms with van der Waals surface area (Å²) in [5.74, 6) is 0.974. The molecule has 0 radical (unpaired) electrons. The smallest absolute Gasteiger partial charge is 0.238 e. The van der Waals surface area contributed by atoms with Crippen molar-refractivity contribution in [3.05, 3.63) is 173 Å². The zero-order valence-corrected chi connectivity index (χ0v) is 21.6. The lowest BCUT2D eigenvalue weighted by Gasteiger charge is -2.07. The monoisotopic (exact) mass is 504 g/mol. The number of rotatable bonds is 7. The van der Waals surface area contributed by atoms with Gasteiger partial charge in [-0.25, -0.2) is 0 Å². The summed E-state index contributed by atoms with van der Waals surface area (Å²) in [5.41, 5.74) is 7.28. The number of quaternary nitrogens is 1. The number of aliphatic imine (C=N–C) groups is 1. The van der Waals surface area contributed by atoms with Crippen LogP contribution in [0, 0.1) is 5.41 Å². The topological polar surface area (TPSA) is 52.8 Å². The number of hydrogen-bond acceptors (Lipinski definition) is 1. The Morgan fingerprint density at radius 1 is 0.462 bits per heavy atom. The van der Waals surface area contributed by atoms with Crippen LogP contribution in [0.1, 0.15) is 33.4 Å². The average Bonchev–Trinajstić information content (AvgIpc) is 3.01. The maximum Gasteiger partial charge on any atom is 0.238 e. The molecule has 5 rings (SSSR count). The predicted octanol–water partition coefficient (Wildman–Crippen LogP) is 7.69. The zero-order valence-electron chi connectivity index (χ0n) is 21.6. The molecule has 0 saturated carbocycles. The fraction of sp³-hybridized carbons (Fsp3) is 0. The Bertz CT molecular complexity index is 1580. The fourth-order valence-corrected chi connectivity index (χ4v) is 4.10. The minimum atomic E-state index is 0.226. The van der Waals surface area contributed by atoms with Gasteiger partial charge in [-0.15, -0.1) is 0 Å². The molecule has 0 aliphatic carbocycles. The van der Waals surface area contributed by atoms with Crippen LogP contribution >= 0.6 is 0 Å². The highest BCUT2D eigenvalue weighted by Gasteiger charge is 2.12. The maximum absolute atomic E-state index is 8.75. The second kappa shape index (κ2) is 12.9. The Labute approximate surface area is 230 Å². The van der Waals surface area contributed by atoms with Crippen LogP contribution in [0.15, 0.2) is 145 Å². The van der Waals surface area contributed by atoms with Crippen LogP contribution in [-0.2, 0) is 0 Å². The molecule has 0 aliphatic heterocycles. The van der Waals surface area contributed by atoms with E-state index in [2.05, 4.69) is 72.8 Å². The van der Waals surface area contributed by atoms with Crippen molar-refractivity contribution in [1.29, 1.82) is 5.41 Å². The molecule has 0 atom stereocenters. The van der Waals surface area contributed by atoms with E-state index in [4.69, 9.17) is 10.4 Å². The van der Waals surface area contributed by atoms with Crippen molar-refractivity contribution in [2.24, 2.45) is 4.99 Å². The summed E-state index contributed by atoms with van der Waals surface area (Å²) in [6.45, 7) is 0. The first-order valence-corrected chi connectivity index (χ1v) is 13.0. The van der Waals surface area contributed by atoms with E-state index < -0.39 is 0 Å². The molecule has 39 heavy (non-hydrogen) atoms. The molecule has 0 aromatic heterocycles. The van der Waals surface area contributed by atoms with Crippen LogP contribution in [0.4, 0.5) is 5.69 Å². The molecule has 0 spiro atoms. The van der Waals surface area contributed by atoms with E-state index in [0.717, 1.165) is 44.9 Å². The summed E-state index contributed by atoms with van der Waals surface area (Å²) in [6.07, 6.45) is 8.37. The van der Waals surface area contributed by atoms with E-state index >= 15 is 0 Å². The summed E-state index contributed by atoms with van der Waals surface area (Å²) < 4.78 is 0. The average molecular weight is 505 g/mol. The largest absolute Gasteiger partial charge is 0.282 e. The van der Waals surface area contributed by atoms with Gasteiger partial charge in [0.2, 0.25) is 5.84 Å². The third-order valence-corrected chi connectivity index (χ3v) is 6.26. The predicted molar refractivity (Wildman–Crippen MR) is 165 cm³/mol. The van der Waals surface area contributed by atoms with Crippen molar-refractivity contribution >= 4 is 41.7 Å². The molecule has 0 saturated heterocycles. The van der Waals surface area contributed by atoms with E-state index in [1.165, 1.54) is 0 Å². The van der Waals surface area contributed by atoms with Gasteiger partial charge in [0.25, 0.3) is 0 Å². The summed E-state index contributed by atoms with van der Waals surface area (Å²) >= 11 is 0. The van der Waals surface area contributed by atoms with E-state index in [9.17, 15) is 0 Å². The number of nitrogens with one attached hydrogen (secondary N) is 1. The fourth-order valence-electron chi connectivity index (χ4n) is 4.10. The van der Waals surface area contributed by atoms with E-state index in [1.807, 2.05) is 96.3 Å². The summed E-state index contributed by atoms with van der Waals surface area (Å²) in [6, 6.07) is 46.8. The highest BCUT2D eigenvalue weighted by molar-refractivity contribution is 6.07. The van der Waals surface area contributed by atoms with Crippen LogP contribution in [0.2, 0.25) is 0 Å². The maximum atomic E-state index is 8.75. The SMILES string of the molecule is N=C(N=C([NH2+]c1ccccc1)c1ccc(/C=C/c2ccccc2)cc1)c1ccc(/C=C/c2ccccc2)cc1. The molecule has 0 aliphatic rings. The van der Waals surface area contributed by atoms with Crippen molar-refractivity contribution in [3.63, 3.8) is 0 Å². The van der Waals surface area contributed by atoms with Crippen LogP contribution in [0.3, 0.4) is 0 Å². The minimum absolute atomic E-state index is 0.226. The molecule has 0 bridgehead atoms. The molecular weight excluding hydrogens is 474 g/mol. The van der Waals surface area contributed by atoms with E-state index in [-0.39, 0.29) is 5.84 Å². The lowest BCUT2D eigenvalue weighted by atomic mass is 10.1. The Kier molecular flexibility index (Phi) is 8.45. The molecule has 0 amide bonds. The van der Waals surface area contributed by atoms with Crippen molar-refractivity contribution in [1.82, 2.24) is 0 Å². The third kappa shape index (κ3) is 7.45. The molecule has 5 aromatic carbocycles. The molecule has 3 N–H and O–H groups in total. The number of nitrogens with zero attached hydrogens (tertiary/aromatic N) is 1.